The van der Waals surface area contributed by atoms with Gasteiger partial charge in [0, 0.05) is 9.92 Å². The maximum atomic E-state index is 12.5. The number of nitrogens with zero attached hydrogens (tertiary/aromatic N) is 1. The van der Waals surface area contributed by atoms with Crippen molar-refractivity contribution < 1.29 is 9.59 Å². The number of carbonyl (C=O) groups excluding carboxylic acids is 2. The molecule has 116 valence electrons. The molecule has 1 aliphatic rings. The molecule has 6 heteroatoms. The molecule has 0 atom stereocenters. The van der Waals surface area contributed by atoms with Crippen molar-refractivity contribution in [3.8, 4) is 0 Å². The smallest absolute Gasteiger partial charge is 0.268 e. The first-order valence-corrected chi connectivity index (χ1v) is 9.18. The minimum Gasteiger partial charge on any atom is -0.268 e. The summed E-state index contributed by atoms with van der Waals surface area (Å²) in [5.74, 6) is -0.323. The molecule has 3 rings (SSSR count). The molecule has 0 aliphatic carbocycles. The van der Waals surface area contributed by atoms with Crippen LogP contribution in [0.25, 0.3) is 6.08 Å². The fraction of sp³-hybridized carbons (Fsp3) is 0.0588. The van der Waals surface area contributed by atoms with Crippen LogP contribution in [0.1, 0.15) is 5.56 Å². The van der Waals surface area contributed by atoms with Crippen LogP contribution in [0.2, 0.25) is 5.02 Å². The number of hydrogen-bond donors (Lipinski definition) is 0. The molecule has 1 fully saturated rings. The average Bonchev–Trinajstić information content (AvgIpc) is 2.82. The summed E-state index contributed by atoms with van der Waals surface area (Å²) in [6, 6.07) is 14.5. The second-order valence-corrected chi connectivity index (χ2v) is 7.08. The zero-order valence-corrected chi connectivity index (χ0v) is 14.5. The Balaban J connectivity index is 1.89. The van der Waals surface area contributed by atoms with Gasteiger partial charge in [-0.2, -0.15) is 0 Å². The monoisotopic (exact) mass is 361 g/mol. The van der Waals surface area contributed by atoms with E-state index in [0.29, 0.717) is 15.6 Å². The lowest BCUT2D eigenvalue weighted by Crippen LogP contribution is -2.27. The van der Waals surface area contributed by atoms with Gasteiger partial charge in [-0.15, -0.1) is 11.8 Å². The summed E-state index contributed by atoms with van der Waals surface area (Å²) in [6.45, 7) is 0. The predicted octanol–water partition coefficient (Wildman–Crippen LogP) is 5.30. The number of benzene rings is 2. The highest BCUT2D eigenvalue weighted by Gasteiger charge is 2.36. The highest BCUT2D eigenvalue weighted by atomic mass is 35.5. The highest BCUT2D eigenvalue weighted by Crippen LogP contribution is 2.36. The average molecular weight is 362 g/mol. The highest BCUT2D eigenvalue weighted by molar-refractivity contribution is 8.19. The van der Waals surface area contributed by atoms with Crippen molar-refractivity contribution in [2.24, 2.45) is 0 Å². The summed E-state index contributed by atoms with van der Waals surface area (Å²) in [5.41, 5.74) is 1.38. The number of carbonyl (C=O) groups is 2. The Morgan fingerprint density at radius 2 is 1.87 bits per heavy atom. The molecule has 1 saturated heterocycles. The fourth-order valence-electron chi connectivity index (χ4n) is 2.16. The van der Waals surface area contributed by atoms with Crippen LogP contribution in [0, 0.1) is 0 Å². The molecule has 0 N–H and O–H groups in total. The third-order valence-electron chi connectivity index (χ3n) is 3.27. The van der Waals surface area contributed by atoms with E-state index in [-0.39, 0.29) is 11.1 Å². The van der Waals surface area contributed by atoms with E-state index < -0.39 is 0 Å². The lowest BCUT2D eigenvalue weighted by atomic mass is 10.2. The van der Waals surface area contributed by atoms with Gasteiger partial charge in [0.05, 0.1) is 10.6 Å². The zero-order valence-electron chi connectivity index (χ0n) is 12.2. The van der Waals surface area contributed by atoms with Crippen LogP contribution in [0.15, 0.2) is 58.3 Å². The molecule has 1 aliphatic heterocycles. The van der Waals surface area contributed by atoms with Crippen molar-refractivity contribution in [2.45, 2.75) is 4.90 Å². The quantitative estimate of drug-likeness (QED) is 0.549. The lowest BCUT2D eigenvalue weighted by molar-refractivity contribution is -0.113. The first-order valence-electron chi connectivity index (χ1n) is 6.76. The molecular formula is C17H12ClNO2S2. The van der Waals surface area contributed by atoms with Crippen molar-refractivity contribution in [1.29, 1.82) is 0 Å². The van der Waals surface area contributed by atoms with Gasteiger partial charge in [-0.1, -0.05) is 29.8 Å². The number of amides is 2. The molecule has 0 unspecified atom stereocenters. The van der Waals surface area contributed by atoms with Crippen LogP contribution in [-0.2, 0) is 4.79 Å². The van der Waals surface area contributed by atoms with Gasteiger partial charge in [0.25, 0.3) is 11.1 Å². The Bertz CT molecular complexity index is 802. The van der Waals surface area contributed by atoms with Gasteiger partial charge in [0.15, 0.2) is 0 Å². The predicted molar refractivity (Wildman–Crippen MR) is 98.1 cm³/mol. The molecule has 23 heavy (non-hydrogen) atoms. The van der Waals surface area contributed by atoms with Gasteiger partial charge in [0.2, 0.25) is 0 Å². The summed E-state index contributed by atoms with van der Waals surface area (Å²) in [6.07, 6.45) is 3.74. The molecule has 0 spiro atoms. The fourth-order valence-corrected chi connectivity index (χ4v) is 3.59. The Morgan fingerprint density at radius 1 is 1.13 bits per heavy atom. The zero-order chi connectivity index (χ0) is 16.4. The maximum absolute atomic E-state index is 12.5. The number of halogens is 1. The summed E-state index contributed by atoms with van der Waals surface area (Å²) >= 11 is 8.53. The molecule has 0 saturated carbocycles. The number of imide groups is 1. The minimum atomic E-state index is -0.323. The third-order valence-corrected chi connectivity index (χ3v) is 5.12. The Hall–Kier alpha value is -1.69. The third kappa shape index (κ3) is 3.47. The molecule has 0 bridgehead atoms. The normalized spacial score (nSPS) is 16.4. The molecule has 2 aromatic rings. The second-order valence-electron chi connectivity index (χ2n) is 4.77. The first-order chi connectivity index (χ1) is 11.1. The van der Waals surface area contributed by atoms with Gasteiger partial charge < -0.3 is 0 Å². The molecule has 3 nitrogen and oxygen atoms in total. The first kappa shape index (κ1) is 16.2. The van der Waals surface area contributed by atoms with E-state index in [1.807, 2.05) is 30.5 Å². The van der Waals surface area contributed by atoms with Crippen LogP contribution in [0.5, 0.6) is 0 Å². The molecule has 0 radical (unpaired) electrons. The van der Waals surface area contributed by atoms with Crippen LogP contribution in [0.3, 0.4) is 0 Å². The van der Waals surface area contributed by atoms with Gasteiger partial charge in [-0.25, -0.2) is 4.90 Å². The Morgan fingerprint density at radius 3 is 2.52 bits per heavy atom. The van der Waals surface area contributed by atoms with Crippen LogP contribution in [-0.4, -0.2) is 17.4 Å². The standard InChI is InChI=1S/C17H12ClNO2S2/c1-22-14-7-5-11(6-8-14)9-15-16(20)19(17(21)23-15)13-4-2-3-12(18)10-13/h2-10H,1H3/b15-9+. The summed E-state index contributed by atoms with van der Waals surface area (Å²) < 4.78 is 0. The van der Waals surface area contributed by atoms with Crippen LogP contribution < -0.4 is 4.90 Å². The van der Waals surface area contributed by atoms with Crippen molar-refractivity contribution >= 4 is 58.0 Å². The van der Waals surface area contributed by atoms with Gasteiger partial charge in [0.1, 0.15) is 0 Å². The van der Waals surface area contributed by atoms with E-state index in [9.17, 15) is 9.59 Å². The number of rotatable bonds is 3. The summed E-state index contributed by atoms with van der Waals surface area (Å²) in [4.78, 5) is 27.4. The van der Waals surface area contributed by atoms with E-state index in [0.717, 1.165) is 27.1 Å². The SMILES string of the molecule is CSc1ccc(/C=C2/SC(=O)N(c3cccc(Cl)c3)C2=O)cc1. The lowest BCUT2D eigenvalue weighted by Gasteiger charge is -2.12. The Labute approximate surface area is 147 Å². The molecule has 1 heterocycles. The van der Waals surface area contributed by atoms with Gasteiger partial charge in [-0.3, -0.25) is 9.59 Å². The van der Waals surface area contributed by atoms with E-state index in [4.69, 9.17) is 11.6 Å². The molecule has 2 aromatic carbocycles. The summed E-state index contributed by atoms with van der Waals surface area (Å²) in [5, 5.41) is 0.169. The molecule has 2 amide bonds. The number of thioether (sulfide) groups is 2. The van der Waals surface area contributed by atoms with Crippen molar-refractivity contribution in [3.63, 3.8) is 0 Å². The molecular weight excluding hydrogens is 350 g/mol. The number of hydrogen-bond acceptors (Lipinski definition) is 4. The topological polar surface area (TPSA) is 37.4 Å². The Kier molecular flexibility index (Phi) is 4.80. The van der Waals surface area contributed by atoms with Crippen LogP contribution in [0.4, 0.5) is 10.5 Å². The van der Waals surface area contributed by atoms with E-state index >= 15 is 0 Å². The largest absolute Gasteiger partial charge is 0.298 e. The van der Waals surface area contributed by atoms with Crippen molar-refractivity contribution in [3.05, 3.63) is 64.0 Å². The van der Waals surface area contributed by atoms with Crippen LogP contribution >= 0.6 is 35.1 Å². The van der Waals surface area contributed by atoms with Gasteiger partial charge in [-0.05, 0) is 60.0 Å². The van der Waals surface area contributed by atoms with E-state index in [1.54, 1.807) is 42.1 Å². The number of anilines is 1. The van der Waals surface area contributed by atoms with Crippen molar-refractivity contribution in [2.75, 3.05) is 11.2 Å². The van der Waals surface area contributed by atoms with Gasteiger partial charge >= 0.3 is 0 Å². The van der Waals surface area contributed by atoms with Crippen molar-refractivity contribution in [1.82, 2.24) is 0 Å². The summed E-state index contributed by atoms with van der Waals surface area (Å²) in [7, 11) is 0. The minimum absolute atomic E-state index is 0.316. The van der Waals surface area contributed by atoms with E-state index in [2.05, 4.69) is 0 Å². The second kappa shape index (κ2) is 6.83. The molecule has 0 aromatic heterocycles. The van der Waals surface area contributed by atoms with E-state index in [1.165, 1.54) is 0 Å². The maximum Gasteiger partial charge on any atom is 0.298 e.